The van der Waals surface area contributed by atoms with Crippen molar-refractivity contribution in [3.63, 3.8) is 0 Å². The Labute approximate surface area is 112 Å². The van der Waals surface area contributed by atoms with E-state index < -0.39 is 6.04 Å². The van der Waals surface area contributed by atoms with Gasteiger partial charge in [-0.3, -0.25) is 9.59 Å². The van der Waals surface area contributed by atoms with Gasteiger partial charge in [0.05, 0.1) is 0 Å². The molecule has 0 radical (unpaired) electrons. The Morgan fingerprint density at radius 3 is 2.63 bits per heavy atom. The van der Waals surface area contributed by atoms with Gasteiger partial charge in [0.25, 0.3) is 5.91 Å². The lowest BCUT2D eigenvalue weighted by Crippen LogP contribution is -2.40. The first-order valence-electron chi connectivity index (χ1n) is 6.32. The highest BCUT2D eigenvalue weighted by molar-refractivity contribution is 5.99. The Morgan fingerprint density at radius 1 is 1.37 bits per heavy atom. The minimum atomic E-state index is -0.417. The molecule has 19 heavy (non-hydrogen) atoms. The van der Waals surface area contributed by atoms with Gasteiger partial charge in [0, 0.05) is 24.8 Å². The molecule has 5 heteroatoms. The number of likely N-dealkylation sites (tertiary alicyclic amines) is 1. The number of nitrogens with zero attached hydrogens (tertiary/aromatic N) is 1. The molecule has 1 fully saturated rings. The Balaban J connectivity index is 2.17. The third-order valence-corrected chi connectivity index (χ3v) is 3.59. The first-order valence-corrected chi connectivity index (χ1v) is 6.32. The maximum absolute atomic E-state index is 12.2. The highest BCUT2D eigenvalue weighted by atomic mass is 16.2. The largest absolute Gasteiger partial charge is 0.398 e. The molecule has 2 rings (SSSR count). The fraction of sp³-hybridized carbons (Fsp3) is 0.429. The van der Waals surface area contributed by atoms with Crippen LogP contribution in [0.15, 0.2) is 12.1 Å². The SMILES string of the molecule is Cc1cc(C)c(C(=O)NC2CCN(C)C2=O)cc1N. The summed E-state index contributed by atoms with van der Waals surface area (Å²) in [7, 11) is 1.74. The molecule has 5 nitrogen and oxygen atoms in total. The minimum Gasteiger partial charge on any atom is -0.398 e. The van der Waals surface area contributed by atoms with E-state index in [1.807, 2.05) is 19.9 Å². The molecule has 0 aromatic heterocycles. The van der Waals surface area contributed by atoms with E-state index in [1.54, 1.807) is 18.0 Å². The van der Waals surface area contributed by atoms with Gasteiger partial charge < -0.3 is 16.0 Å². The quantitative estimate of drug-likeness (QED) is 0.775. The molecule has 102 valence electrons. The molecular weight excluding hydrogens is 242 g/mol. The molecule has 3 N–H and O–H groups in total. The van der Waals surface area contributed by atoms with E-state index in [9.17, 15) is 9.59 Å². The van der Waals surface area contributed by atoms with Gasteiger partial charge in [-0.15, -0.1) is 0 Å². The molecule has 0 saturated carbocycles. The van der Waals surface area contributed by atoms with Gasteiger partial charge in [-0.05, 0) is 37.5 Å². The second-order valence-electron chi connectivity index (χ2n) is 5.10. The third-order valence-electron chi connectivity index (χ3n) is 3.59. The topological polar surface area (TPSA) is 75.4 Å². The number of nitrogen functional groups attached to an aromatic ring is 1. The van der Waals surface area contributed by atoms with Crippen molar-refractivity contribution in [3.8, 4) is 0 Å². The average Bonchev–Trinajstić information content (AvgIpc) is 2.65. The number of hydrogen-bond donors (Lipinski definition) is 2. The van der Waals surface area contributed by atoms with Crippen molar-refractivity contribution < 1.29 is 9.59 Å². The number of nitrogens with one attached hydrogen (secondary N) is 1. The molecule has 0 aliphatic carbocycles. The van der Waals surface area contributed by atoms with Crippen LogP contribution in [0, 0.1) is 13.8 Å². The van der Waals surface area contributed by atoms with Crippen molar-refractivity contribution in [2.75, 3.05) is 19.3 Å². The fourth-order valence-electron chi connectivity index (χ4n) is 2.31. The molecule has 1 saturated heterocycles. The fourth-order valence-corrected chi connectivity index (χ4v) is 2.31. The van der Waals surface area contributed by atoms with Crippen LogP contribution in [0.3, 0.4) is 0 Å². The zero-order valence-corrected chi connectivity index (χ0v) is 11.5. The Kier molecular flexibility index (Phi) is 3.46. The monoisotopic (exact) mass is 261 g/mol. The summed E-state index contributed by atoms with van der Waals surface area (Å²) in [5, 5.41) is 2.78. The smallest absolute Gasteiger partial charge is 0.252 e. The number of amides is 2. The van der Waals surface area contributed by atoms with Gasteiger partial charge >= 0.3 is 0 Å². The zero-order chi connectivity index (χ0) is 14.2. The molecule has 0 bridgehead atoms. The van der Waals surface area contributed by atoms with Crippen molar-refractivity contribution in [1.29, 1.82) is 0 Å². The Morgan fingerprint density at radius 2 is 2.05 bits per heavy atom. The summed E-state index contributed by atoms with van der Waals surface area (Å²) >= 11 is 0. The lowest BCUT2D eigenvalue weighted by atomic mass is 10.0. The molecule has 2 amide bonds. The summed E-state index contributed by atoms with van der Waals surface area (Å²) in [6, 6.07) is 3.13. The molecule has 1 atom stereocenters. The number of anilines is 1. The van der Waals surface area contributed by atoms with Gasteiger partial charge in [0.15, 0.2) is 0 Å². The van der Waals surface area contributed by atoms with Crippen LogP contribution in [-0.4, -0.2) is 36.3 Å². The summed E-state index contributed by atoms with van der Waals surface area (Å²) in [4.78, 5) is 25.6. The predicted octanol–water partition coefficient (Wildman–Crippen LogP) is 0.846. The molecule has 0 spiro atoms. The van der Waals surface area contributed by atoms with Crippen LogP contribution in [-0.2, 0) is 4.79 Å². The standard InChI is InChI=1S/C14H19N3O2/c1-8-6-9(2)11(15)7-10(8)13(18)16-12-4-5-17(3)14(12)19/h6-7,12H,4-5,15H2,1-3H3,(H,16,18). The number of hydrogen-bond acceptors (Lipinski definition) is 3. The molecular formula is C14H19N3O2. The van der Waals surface area contributed by atoms with Gasteiger partial charge in [-0.1, -0.05) is 6.07 Å². The second kappa shape index (κ2) is 4.91. The summed E-state index contributed by atoms with van der Waals surface area (Å²) < 4.78 is 0. The minimum absolute atomic E-state index is 0.0360. The van der Waals surface area contributed by atoms with E-state index in [0.29, 0.717) is 24.2 Å². The summed E-state index contributed by atoms with van der Waals surface area (Å²) in [5.74, 6) is -0.274. The van der Waals surface area contributed by atoms with E-state index in [2.05, 4.69) is 5.32 Å². The molecule has 1 aliphatic heterocycles. The molecule has 1 aliphatic rings. The van der Waals surface area contributed by atoms with Gasteiger partial charge in [0.2, 0.25) is 5.91 Å². The predicted molar refractivity (Wildman–Crippen MR) is 73.8 cm³/mol. The van der Waals surface area contributed by atoms with E-state index in [-0.39, 0.29) is 11.8 Å². The normalized spacial score (nSPS) is 18.8. The highest BCUT2D eigenvalue weighted by Crippen LogP contribution is 2.18. The van der Waals surface area contributed by atoms with Crippen LogP contribution in [0.1, 0.15) is 27.9 Å². The number of likely N-dealkylation sites (N-methyl/N-ethyl adjacent to an activating group) is 1. The van der Waals surface area contributed by atoms with Crippen molar-refractivity contribution in [3.05, 3.63) is 28.8 Å². The van der Waals surface area contributed by atoms with Gasteiger partial charge in [-0.25, -0.2) is 0 Å². The van der Waals surface area contributed by atoms with Crippen LogP contribution in [0.2, 0.25) is 0 Å². The average molecular weight is 261 g/mol. The second-order valence-corrected chi connectivity index (χ2v) is 5.10. The van der Waals surface area contributed by atoms with Crippen molar-refractivity contribution >= 4 is 17.5 Å². The molecule has 1 unspecified atom stereocenters. The van der Waals surface area contributed by atoms with E-state index >= 15 is 0 Å². The maximum Gasteiger partial charge on any atom is 0.252 e. The van der Waals surface area contributed by atoms with Gasteiger partial charge in [0.1, 0.15) is 6.04 Å². The number of rotatable bonds is 2. The Hall–Kier alpha value is -2.04. The summed E-state index contributed by atoms with van der Waals surface area (Å²) in [5.41, 5.74) is 8.76. The first-order chi connectivity index (χ1) is 8.90. The van der Waals surface area contributed by atoms with Crippen molar-refractivity contribution in [2.45, 2.75) is 26.3 Å². The number of carbonyl (C=O) groups excluding carboxylic acids is 2. The van der Waals surface area contributed by atoms with E-state index in [1.165, 1.54) is 0 Å². The third kappa shape index (κ3) is 2.54. The van der Waals surface area contributed by atoms with Crippen LogP contribution in [0.5, 0.6) is 0 Å². The highest BCUT2D eigenvalue weighted by Gasteiger charge is 2.30. The lowest BCUT2D eigenvalue weighted by Gasteiger charge is -2.14. The van der Waals surface area contributed by atoms with E-state index in [0.717, 1.165) is 11.1 Å². The van der Waals surface area contributed by atoms with Crippen LogP contribution in [0.4, 0.5) is 5.69 Å². The molecule has 1 heterocycles. The maximum atomic E-state index is 12.2. The Bertz CT molecular complexity index is 540. The lowest BCUT2D eigenvalue weighted by molar-refractivity contribution is -0.128. The van der Waals surface area contributed by atoms with Crippen LogP contribution >= 0.6 is 0 Å². The van der Waals surface area contributed by atoms with E-state index in [4.69, 9.17) is 5.73 Å². The molecule has 1 aromatic rings. The van der Waals surface area contributed by atoms with Gasteiger partial charge in [-0.2, -0.15) is 0 Å². The number of benzene rings is 1. The van der Waals surface area contributed by atoms with Crippen LogP contribution < -0.4 is 11.1 Å². The van der Waals surface area contributed by atoms with Crippen LogP contribution in [0.25, 0.3) is 0 Å². The number of carbonyl (C=O) groups is 2. The van der Waals surface area contributed by atoms with Crippen molar-refractivity contribution in [2.24, 2.45) is 0 Å². The summed E-state index contributed by atoms with van der Waals surface area (Å²) in [6.45, 7) is 4.45. The number of aryl methyl sites for hydroxylation is 2. The number of nitrogens with two attached hydrogens (primary N) is 1. The summed E-state index contributed by atoms with van der Waals surface area (Å²) in [6.07, 6.45) is 0.654. The van der Waals surface area contributed by atoms with Crippen molar-refractivity contribution in [1.82, 2.24) is 10.2 Å². The molecule has 1 aromatic carbocycles. The zero-order valence-electron chi connectivity index (χ0n) is 11.5. The first kappa shape index (κ1) is 13.4.